The van der Waals surface area contributed by atoms with Gasteiger partial charge in [0.15, 0.2) is 0 Å². The maximum atomic E-state index is 12.0. The zero-order chi connectivity index (χ0) is 14.6. The topological polar surface area (TPSA) is 38.3 Å². The summed E-state index contributed by atoms with van der Waals surface area (Å²) in [6, 6.07) is 6.11. The summed E-state index contributed by atoms with van der Waals surface area (Å²) >= 11 is 1.69. The highest BCUT2D eigenvalue weighted by atomic mass is 32.2. The molecule has 110 valence electrons. The Morgan fingerprint density at radius 3 is 2.35 bits per heavy atom. The van der Waals surface area contributed by atoms with Gasteiger partial charge in [-0.1, -0.05) is 0 Å². The molecular formula is C13H14F3NO2S. The second-order valence-corrected chi connectivity index (χ2v) is 5.80. The Kier molecular flexibility index (Phi) is 4.93. The number of carbonyl (C=O) groups excluding carboxylic acids is 1. The molecule has 7 heteroatoms. The first kappa shape index (κ1) is 15.2. The molecule has 1 heterocycles. The van der Waals surface area contributed by atoms with Gasteiger partial charge in [0.05, 0.1) is 0 Å². The number of rotatable bonds is 3. The van der Waals surface area contributed by atoms with Gasteiger partial charge in [-0.05, 0) is 50.2 Å². The van der Waals surface area contributed by atoms with Gasteiger partial charge in [-0.25, -0.2) is 4.79 Å². The highest BCUT2D eigenvalue weighted by molar-refractivity contribution is 8.00. The molecule has 1 aliphatic heterocycles. The van der Waals surface area contributed by atoms with Crippen molar-refractivity contribution in [2.75, 3.05) is 13.1 Å². The summed E-state index contributed by atoms with van der Waals surface area (Å²) in [5, 5.41) is 3.78. The maximum Gasteiger partial charge on any atom is 0.491 e. The fourth-order valence-corrected chi connectivity index (χ4v) is 3.01. The minimum atomic E-state index is -4.97. The zero-order valence-corrected chi connectivity index (χ0v) is 11.4. The number of thioether (sulfide) groups is 1. The van der Waals surface area contributed by atoms with Gasteiger partial charge in [0, 0.05) is 10.1 Å². The third-order valence-corrected chi connectivity index (χ3v) is 4.20. The number of hydrogen-bond acceptors (Lipinski definition) is 4. The van der Waals surface area contributed by atoms with Crippen molar-refractivity contribution >= 4 is 17.7 Å². The normalized spacial score (nSPS) is 16.9. The summed E-state index contributed by atoms with van der Waals surface area (Å²) in [7, 11) is 0. The SMILES string of the molecule is O=C(Oc1ccc(SC2CCNCC2)cc1)C(F)(F)F. The average molecular weight is 305 g/mol. The van der Waals surface area contributed by atoms with E-state index in [1.807, 2.05) is 0 Å². The van der Waals surface area contributed by atoms with Crippen LogP contribution in [0.1, 0.15) is 12.8 Å². The highest BCUT2D eigenvalue weighted by Gasteiger charge is 2.41. The lowest BCUT2D eigenvalue weighted by Crippen LogP contribution is -2.29. The molecule has 0 aromatic heterocycles. The number of benzene rings is 1. The second-order valence-electron chi connectivity index (χ2n) is 4.43. The van der Waals surface area contributed by atoms with Crippen molar-refractivity contribution in [2.24, 2.45) is 0 Å². The Hall–Kier alpha value is -1.21. The smallest absolute Gasteiger partial charge is 0.420 e. The molecule has 0 atom stereocenters. The number of nitrogens with one attached hydrogen (secondary N) is 1. The van der Waals surface area contributed by atoms with E-state index >= 15 is 0 Å². The van der Waals surface area contributed by atoms with Crippen molar-refractivity contribution in [2.45, 2.75) is 29.2 Å². The van der Waals surface area contributed by atoms with Crippen molar-refractivity contribution in [3.05, 3.63) is 24.3 Å². The fourth-order valence-electron chi connectivity index (χ4n) is 1.86. The predicted molar refractivity (Wildman–Crippen MR) is 69.9 cm³/mol. The molecule has 1 fully saturated rings. The lowest BCUT2D eigenvalue weighted by molar-refractivity contribution is -0.189. The van der Waals surface area contributed by atoms with E-state index in [2.05, 4.69) is 10.1 Å². The zero-order valence-electron chi connectivity index (χ0n) is 10.6. The number of halogens is 3. The molecule has 1 aromatic rings. The molecule has 0 aliphatic carbocycles. The molecule has 1 aromatic carbocycles. The standard InChI is InChI=1S/C13H14F3NO2S/c14-13(15,16)12(18)19-9-1-3-10(4-2-9)20-11-5-7-17-8-6-11/h1-4,11,17H,5-8H2. The molecule has 0 unspecified atom stereocenters. The Labute approximate surface area is 118 Å². The number of piperidine rings is 1. The summed E-state index contributed by atoms with van der Waals surface area (Å²) in [6.45, 7) is 1.97. The second kappa shape index (κ2) is 6.49. The molecule has 0 saturated carbocycles. The monoisotopic (exact) mass is 305 g/mol. The van der Waals surface area contributed by atoms with Crippen LogP contribution in [0.15, 0.2) is 29.2 Å². The summed E-state index contributed by atoms with van der Waals surface area (Å²) in [5.74, 6) is -2.29. The van der Waals surface area contributed by atoms with E-state index in [0.717, 1.165) is 30.8 Å². The number of esters is 1. The third kappa shape index (κ3) is 4.42. The minimum Gasteiger partial charge on any atom is -0.420 e. The lowest BCUT2D eigenvalue weighted by Gasteiger charge is -2.22. The van der Waals surface area contributed by atoms with Crippen molar-refractivity contribution in [3.63, 3.8) is 0 Å². The van der Waals surface area contributed by atoms with Gasteiger partial charge in [0.1, 0.15) is 5.75 Å². The predicted octanol–water partition coefficient (Wildman–Crippen LogP) is 3.00. The van der Waals surface area contributed by atoms with Crippen molar-refractivity contribution in [1.29, 1.82) is 0 Å². The number of hydrogen-bond donors (Lipinski definition) is 1. The molecule has 3 nitrogen and oxygen atoms in total. The highest BCUT2D eigenvalue weighted by Crippen LogP contribution is 2.30. The number of carbonyl (C=O) groups is 1. The fraction of sp³-hybridized carbons (Fsp3) is 0.462. The lowest BCUT2D eigenvalue weighted by atomic mass is 10.2. The third-order valence-electron chi connectivity index (χ3n) is 2.85. The van der Waals surface area contributed by atoms with Crippen LogP contribution in [-0.2, 0) is 4.79 Å². The van der Waals surface area contributed by atoms with Crippen molar-refractivity contribution in [3.8, 4) is 5.75 Å². The molecule has 0 radical (unpaired) electrons. The molecule has 1 N–H and O–H groups in total. The van der Waals surface area contributed by atoms with E-state index in [1.165, 1.54) is 12.1 Å². The van der Waals surface area contributed by atoms with Gasteiger partial charge in [-0.3, -0.25) is 0 Å². The summed E-state index contributed by atoms with van der Waals surface area (Å²) in [4.78, 5) is 11.6. The van der Waals surface area contributed by atoms with Gasteiger partial charge in [-0.15, -0.1) is 11.8 Å². The quantitative estimate of drug-likeness (QED) is 0.688. The molecule has 0 amide bonds. The van der Waals surface area contributed by atoms with Crippen LogP contribution in [-0.4, -0.2) is 30.5 Å². The van der Waals surface area contributed by atoms with E-state index in [0.29, 0.717) is 5.25 Å². The van der Waals surface area contributed by atoms with E-state index in [-0.39, 0.29) is 5.75 Å². The number of alkyl halides is 3. The first-order valence-corrected chi connectivity index (χ1v) is 7.09. The first-order valence-electron chi connectivity index (χ1n) is 6.21. The van der Waals surface area contributed by atoms with E-state index in [9.17, 15) is 18.0 Å². The summed E-state index contributed by atoms with van der Waals surface area (Å²) < 4.78 is 40.4. The van der Waals surface area contributed by atoms with Crippen LogP contribution in [0.3, 0.4) is 0 Å². The van der Waals surface area contributed by atoms with Gasteiger partial charge < -0.3 is 10.1 Å². The van der Waals surface area contributed by atoms with Crippen LogP contribution in [0, 0.1) is 0 Å². The van der Waals surface area contributed by atoms with Gasteiger partial charge in [0.25, 0.3) is 0 Å². The van der Waals surface area contributed by atoms with Crippen LogP contribution in [0.4, 0.5) is 13.2 Å². The summed E-state index contributed by atoms with van der Waals surface area (Å²) in [5.41, 5.74) is 0. The molecule has 20 heavy (non-hydrogen) atoms. The maximum absolute atomic E-state index is 12.0. The Balaban J connectivity index is 1.91. The van der Waals surface area contributed by atoms with E-state index < -0.39 is 12.1 Å². The Morgan fingerprint density at radius 1 is 1.20 bits per heavy atom. The molecule has 1 saturated heterocycles. The largest absolute Gasteiger partial charge is 0.491 e. The minimum absolute atomic E-state index is 0.0954. The van der Waals surface area contributed by atoms with Crippen LogP contribution < -0.4 is 10.1 Å². The van der Waals surface area contributed by atoms with Crippen LogP contribution >= 0.6 is 11.8 Å². The number of ether oxygens (including phenoxy) is 1. The van der Waals surface area contributed by atoms with Crippen LogP contribution in [0.25, 0.3) is 0 Å². The van der Waals surface area contributed by atoms with E-state index in [4.69, 9.17) is 0 Å². The molecule has 2 rings (SSSR count). The average Bonchev–Trinajstić information content (AvgIpc) is 2.41. The van der Waals surface area contributed by atoms with Gasteiger partial charge in [0.2, 0.25) is 0 Å². The van der Waals surface area contributed by atoms with E-state index in [1.54, 1.807) is 23.9 Å². The summed E-state index contributed by atoms with van der Waals surface area (Å²) in [6.07, 6.45) is -2.84. The van der Waals surface area contributed by atoms with Gasteiger partial charge in [-0.2, -0.15) is 13.2 Å². The van der Waals surface area contributed by atoms with Crippen LogP contribution in [0.5, 0.6) is 5.75 Å². The molecule has 0 spiro atoms. The Bertz CT molecular complexity index is 456. The molecule has 1 aliphatic rings. The first-order chi connectivity index (χ1) is 9.45. The molecular weight excluding hydrogens is 291 g/mol. The van der Waals surface area contributed by atoms with Crippen molar-refractivity contribution < 1.29 is 22.7 Å². The molecule has 0 bridgehead atoms. The van der Waals surface area contributed by atoms with Crippen molar-refractivity contribution in [1.82, 2.24) is 5.32 Å². The van der Waals surface area contributed by atoms with Gasteiger partial charge >= 0.3 is 12.1 Å². The Morgan fingerprint density at radius 2 is 1.80 bits per heavy atom. The van der Waals surface area contributed by atoms with Crippen LogP contribution in [0.2, 0.25) is 0 Å².